The van der Waals surface area contributed by atoms with Gasteiger partial charge < -0.3 is 10.6 Å². The highest BCUT2D eigenvalue weighted by atomic mass is 16.2. The highest BCUT2D eigenvalue weighted by Crippen LogP contribution is 2.23. The lowest BCUT2D eigenvalue weighted by Crippen LogP contribution is -2.35. The Morgan fingerprint density at radius 1 is 1.33 bits per heavy atom. The summed E-state index contributed by atoms with van der Waals surface area (Å²) in [6, 6.07) is 9.58. The average molecular weight is 243 g/mol. The molecule has 4 heteroatoms. The number of nitrogens with one attached hydrogen (secondary N) is 2. The first-order valence-electron chi connectivity index (χ1n) is 5.96. The van der Waals surface area contributed by atoms with E-state index in [0.717, 1.165) is 22.3 Å². The Morgan fingerprint density at radius 2 is 2.06 bits per heavy atom. The van der Waals surface area contributed by atoms with Gasteiger partial charge in [0.25, 0.3) is 0 Å². The molecule has 2 aromatic rings. The molecule has 0 spiro atoms. The number of pyridine rings is 1. The number of anilines is 1. The second kappa shape index (κ2) is 5.04. The zero-order chi connectivity index (χ0) is 13.1. The lowest BCUT2D eigenvalue weighted by Gasteiger charge is -2.16. The quantitative estimate of drug-likeness (QED) is 0.868. The molecule has 1 aromatic carbocycles. The molecule has 4 nitrogen and oxygen atoms in total. The maximum absolute atomic E-state index is 11.5. The van der Waals surface area contributed by atoms with Gasteiger partial charge in [-0.05, 0) is 26.0 Å². The number of hydrogen-bond donors (Lipinski definition) is 2. The van der Waals surface area contributed by atoms with Crippen LogP contribution in [-0.4, -0.2) is 24.0 Å². The van der Waals surface area contributed by atoms with Crippen LogP contribution in [-0.2, 0) is 4.79 Å². The second-order valence-electron chi connectivity index (χ2n) is 4.31. The van der Waals surface area contributed by atoms with Crippen LogP contribution in [0.15, 0.2) is 30.3 Å². The van der Waals surface area contributed by atoms with Crippen molar-refractivity contribution in [2.75, 3.05) is 12.4 Å². The number of carbonyl (C=O) groups is 1. The van der Waals surface area contributed by atoms with E-state index in [2.05, 4.69) is 15.6 Å². The zero-order valence-electron chi connectivity index (χ0n) is 10.8. The fourth-order valence-electron chi connectivity index (χ4n) is 1.94. The van der Waals surface area contributed by atoms with Crippen LogP contribution < -0.4 is 10.6 Å². The van der Waals surface area contributed by atoms with Crippen LogP contribution in [0.1, 0.15) is 12.6 Å². The van der Waals surface area contributed by atoms with E-state index < -0.39 is 0 Å². The van der Waals surface area contributed by atoms with Crippen molar-refractivity contribution < 1.29 is 4.79 Å². The van der Waals surface area contributed by atoms with Gasteiger partial charge in [-0.2, -0.15) is 0 Å². The van der Waals surface area contributed by atoms with Gasteiger partial charge in [0, 0.05) is 23.8 Å². The number of fused-ring (bicyclic) bond motifs is 1. The van der Waals surface area contributed by atoms with Gasteiger partial charge in [0.05, 0.1) is 5.52 Å². The average Bonchev–Trinajstić information content (AvgIpc) is 2.37. The molecule has 2 N–H and O–H groups in total. The number of amides is 1. The maximum atomic E-state index is 11.5. The summed E-state index contributed by atoms with van der Waals surface area (Å²) in [5.74, 6) is -0.0338. The van der Waals surface area contributed by atoms with Crippen molar-refractivity contribution in [1.29, 1.82) is 0 Å². The van der Waals surface area contributed by atoms with E-state index in [0.29, 0.717) is 0 Å². The summed E-state index contributed by atoms with van der Waals surface area (Å²) in [7, 11) is 1.64. The molecule has 0 saturated heterocycles. The topological polar surface area (TPSA) is 54.0 Å². The van der Waals surface area contributed by atoms with Crippen molar-refractivity contribution in [3.63, 3.8) is 0 Å². The number of aromatic nitrogens is 1. The van der Waals surface area contributed by atoms with Crippen molar-refractivity contribution in [3.8, 4) is 0 Å². The summed E-state index contributed by atoms with van der Waals surface area (Å²) in [6.45, 7) is 3.78. The zero-order valence-corrected chi connectivity index (χ0v) is 10.8. The summed E-state index contributed by atoms with van der Waals surface area (Å²) >= 11 is 0. The van der Waals surface area contributed by atoms with Gasteiger partial charge in [-0.25, -0.2) is 0 Å². The number of aryl methyl sites for hydroxylation is 1. The maximum Gasteiger partial charge on any atom is 0.241 e. The summed E-state index contributed by atoms with van der Waals surface area (Å²) in [4.78, 5) is 16.0. The Bertz CT molecular complexity index is 580. The van der Waals surface area contributed by atoms with Gasteiger partial charge in [0.2, 0.25) is 5.91 Å². The van der Waals surface area contributed by atoms with Gasteiger partial charge in [0.1, 0.15) is 6.04 Å². The number of likely N-dealkylation sites (N-methyl/N-ethyl adjacent to an activating group) is 1. The molecule has 1 aromatic heterocycles. The molecule has 94 valence electrons. The molecule has 1 atom stereocenters. The minimum absolute atomic E-state index is 0.0338. The fraction of sp³-hybridized carbons (Fsp3) is 0.286. The molecule has 0 aliphatic carbocycles. The van der Waals surface area contributed by atoms with Crippen molar-refractivity contribution in [3.05, 3.63) is 36.0 Å². The lowest BCUT2D eigenvalue weighted by molar-refractivity contribution is -0.121. The molecule has 1 amide bonds. The van der Waals surface area contributed by atoms with Crippen molar-refractivity contribution in [2.24, 2.45) is 0 Å². The van der Waals surface area contributed by atoms with Crippen molar-refractivity contribution in [2.45, 2.75) is 19.9 Å². The number of nitrogens with zero attached hydrogens (tertiary/aromatic N) is 1. The third kappa shape index (κ3) is 2.42. The Labute approximate surface area is 106 Å². The molecular weight excluding hydrogens is 226 g/mol. The highest BCUT2D eigenvalue weighted by molar-refractivity contribution is 5.94. The summed E-state index contributed by atoms with van der Waals surface area (Å²) < 4.78 is 0. The van der Waals surface area contributed by atoms with Crippen LogP contribution in [0.3, 0.4) is 0 Å². The van der Waals surface area contributed by atoms with E-state index in [1.165, 1.54) is 0 Å². The third-order valence-corrected chi connectivity index (χ3v) is 2.86. The van der Waals surface area contributed by atoms with Crippen LogP contribution in [0.4, 0.5) is 5.69 Å². The highest BCUT2D eigenvalue weighted by Gasteiger charge is 2.12. The first-order chi connectivity index (χ1) is 8.61. The minimum atomic E-state index is -0.278. The van der Waals surface area contributed by atoms with E-state index in [1.54, 1.807) is 7.05 Å². The fourth-order valence-corrected chi connectivity index (χ4v) is 1.94. The summed E-state index contributed by atoms with van der Waals surface area (Å²) in [5.41, 5.74) is 2.80. The van der Waals surface area contributed by atoms with Crippen LogP contribution in [0.2, 0.25) is 0 Å². The number of para-hydroxylation sites is 1. The molecule has 0 aliphatic heterocycles. The lowest BCUT2D eigenvalue weighted by atomic mass is 10.1. The third-order valence-electron chi connectivity index (χ3n) is 2.86. The summed E-state index contributed by atoms with van der Waals surface area (Å²) in [5, 5.41) is 6.88. The molecular formula is C14H17N3O. The van der Waals surface area contributed by atoms with E-state index in [1.807, 2.05) is 44.2 Å². The number of benzene rings is 1. The van der Waals surface area contributed by atoms with Gasteiger partial charge in [0.15, 0.2) is 0 Å². The Hall–Kier alpha value is -2.10. The Morgan fingerprint density at radius 3 is 2.78 bits per heavy atom. The van der Waals surface area contributed by atoms with Crippen molar-refractivity contribution in [1.82, 2.24) is 10.3 Å². The Balaban J connectivity index is 2.41. The Kier molecular flexibility index (Phi) is 3.46. The monoisotopic (exact) mass is 243 g/mol. The van der Waals surface area contributed by atoms with Crippen LogP contribution in [0.25, 0.3) is 10.9 Å². The molecule has 18 heavy (non-hydrogen) atoms. The van der Waals surface area contributed by atoms with Crippen molar-refractivity contribution >= 4 is 22.5 Å². The molecule has 1 unspecified atom stereocenters. The normalized spacial score (nSPS) is 12.2. The molecule has 0 saturated carbocycles. The van der Waals surface area contributed by atoms with Gasteiger partial charge >= 0.3 is 0 Å². The number of hydrogen-bond acceptors (Lipinski definition) is 3. The molecule has 2 rings (SSSR count). The molecule has 0 radical (unpaired) electrons. The van der Waals surface area contributed by atoms with E-state index >= 15 is 0 Å². The van der Waals surface area contributed by atoms with E-state index in [4.69, 9.17) is 0 Å². The van der Waals surface area contributed by atoms with Gasteiger partial charge in [-0.3, -0.25) is 9.78 Å². The van der Waals surface area contributed by atoms with E-state index in [9.17, 15) is 4.79 Å². The summed E-state index contributed by atoms with van der Waals surface area (Å²) in [6.07, 6.45) is 0. The standard InChI is InChI=1S/C14H17N3O/c1-9-8-13(17-10(2)14(18)15-3)11-6-4-5-7-12(11)16-9/h4-8,10H,1-3H3,(H,15,18)(H,16,17). The molecule has 1 heterocycles. The van der Waals surface area contributed by atoms with Gasteiger partial charge in [-0.1, -0.05) is 18.2 Å². The smallest absolute Gasteiger partial charge is 0.241 e. The molecule has 0 aliphatic rings. The van der Waals surface area contributed by atoms with Gasteiger partial charge in [-0.15, -0.1) is 0 Å². The number of carbonyl (C=O) groups excluding carboxylic acids is 1. The largest absolute Gasteiger partial charge is 0.373 e. The molecule has 0 bridgehead atoms. The van der Waals surface area contributed by atoms with Crippen LogP contribution >= 0.6 is 0 Å². The van der Waals surface area contributed by atoms with Crippen LogP contribution in [0, 0.1) is 6.92 Å². The second-order valence-corrected chi connectivity index (χ2v) is 4.31. The molecule has 0 fully saturated rings. The minimum Gasteiger partial charge on any atom is -0.373 e. The van der Waals surface area contributed by atoms with Crippen LogP contribution in [0.5, 0.6) is 0 Å². The first kappa shape index (κ1) is 12.4. The first-order valence-corrected chi connectivity index (χ1v) is 5.96. The van der Waals surface area contributed by atoms with E-state index in [-0.39, 0.29) is 11.9 Å². The number of rotatable bonds is 3. The predicted octanol–water partition coefficient (Wildman–Crippen LogP) is 2.09. The predicted molar refractivity (Wildman–Crippen MR) is 73.6 cm³/mol. The SMILES string of the molecule is CNC(=O)C(C)Nc1cc(C)nc2ccccc12.